The third-order valence-corrected chi connectivity index (χ3v) is 2.32. The zero-order chi connectivity index (χ0) is 12.3. The Kier molecular flexibility index (Phi) is 3.60. The van der Waals surface area contributed by atoms with Gasteiger partial charge in [0, 0.05) is 13.5 Å². The molecule has 7 heteroatoms. The molecule has 1 atom stereocenters. The van der Waals surface area contributed by atoms with Gasteiger partial charge in [0.1, 0.15) is 0 Å². The molecule has 0 bridgehead atoms. The van der Waals surface area contributed by atoms with E-state index in [2.05, 4.69) is 5.32 Å². The van der Waals surface area contributed by atoms with E-state index >= 15 is 0 Å². The van der Waals surface area contributed by atoms with E-state index in [0.717, 1.165) is 4.90 Å². The first kappa shape index (κ1) is 12.2. The van der Waals surface area contributed by atoms with E-state index in [4.69, 9.17) is 11.1 Å². The van der Waals surface area contributed by atoms with Crippen LogP contribution >= 0.6 is 0 Å². The predicted octanol–water partition coefficient (Wildman–Crippen LogP) is -1.42. The number of nitrogens with zero attached hydrogens (tertiary/aromatic N) is 1. The minimum Gasteiger partial charge on any atom is -0.370 e. The number of amides is 2. The number of carbonyl (C=O) groups excluding carboxylic acids is 3. The van der Waals surface area contributed by atoms with Gasteiger partial charge in [-0.05, 0) is 12.8 Å². The van der Waals surface area contributed by atoms with Gasteiger partial charge >= 0.3 is 0 Å². The maximum Gasteiger partial charge on any atom is 0.298 e. The van der Waals surface area contributed by atoms with Gasteiger partial charge in [0.2, 0.25) is 11.7 Å². The van der Waals surface area contributed by atoms with Crippen molar-refractivity contribution in [2.75, 3.05) is 6.54 Å². The van der Waals surface area contributed by atoms with Crippen molar-refractivity contribution in [3.05, 3.63) is 0 Å². The first-order valence-corrected chi connectivity index (χ1v) is 4.90. The van der Waals surface area contributed by atoms with Crippen molar-refractivity contribution in [1.82, 2.24) is 10.2 Å². The number of ketones is 1. The lowest BCUT2D eigenvalue weighted by molar-refractivity contribution is -0.143. The van der Waals surface area contributed by atoms with E-state index in [1.54, 1.807) is 0 Å². The smallest absolute Gasteiger partial charge is 0.298 e. The van der Waals surface area contributed by atoms with Crippen molar-refractivity contribution in [1.29, 1.82) is 5.41 Å². The highest BCUT2D eigenvalue weighted by Crippen LogP contribution is 2.09. The Hall–Kier alpha value is -1.92. The number of carbonyl (C=O) groups is 3. The molecule has 0 aromatic heterocycles. The maximum atomic E-state index is 11.6. The molecule has 0 aromatic carbocycles. The number of hydrogen-bond donors (Lipinski definition) is 3. The number of hydrogen-bond acceptors (Lipinski definition) is 4. The van der Waals surface area contributed by atoms with Crippen LogP contribution in [0.5, 0.6) is 0 Å². The lowest BCUT2D eigenvalue weighted by Crippen LogP contribution is -2.49. The van der Waals surface area contributed by atoms with Crippen molar-refractivity contribution in [3.63, 3.8) is 0 Å². The maximum absolute atomic E-state index is 11.6. The van der Waals surface area contributed by atoms with E-state index < -0.39 is 23.7 Å². The Morgan fingerprint density at radius 1 is 1.56 bits per heavy atom. The molecule has 0 unspecified atom stereocenters. The van der Waals surface area contributed by atoms with E-state index in [-0.39, 0.29) is 12.5 Å². The number of guanidine groups is 1. The fraction of sp³-hybridized carbons (Fsp3) is 0.556. The monoisotopic (exact) mass is 226 g/mol. The topological polar surface area (TPSA) is 116 Å². The van der Waals surface area contributed by atoms with Gasteiger partial charge in [-0.15, -0.1) is 0 Å². The highest BCUT2D eigenvalue weighted by molar-refractivity contribution is 6.40. The highest BCUT2D eigenvalue weighted by Gasteiger charge is 2.33. The highest BCUT2D eigenvalue weighted by atomic mass is 16.2. The van der Waals surface area contributed by atoms with Crippen LogP contribution in [0.2, 0.25) is 0 Å². The van der Waals surface area contributed by atoms with Crippen LogP contribution < -0.4 is 11.1 Å². The van der Waals surface area contributed by atoms with E-state index in [1.807, 2.05) is 0 Å². The standard InChI is InChI=1S/C9H14N4O3/c1-5(14)12-6-3-2-4-13(9(10)11)8(16)7(6)15/h6H,2-4H2,1H3,(H3,10,11)(H,12,14)/t6-/m0/s1. The number of rotatable bonds is 1. The van der Waals surface area contributed by atoms with E-state index in [9.17, 15) is 14.4 Å². The largest absolute Gasteiger partial charge is 0.370 e. The quantitative estimate of drug-likeness (QED) is 0.289. The average molecular weight is 226 g/mol. The molecule has 0 radical (unpaired) electrons. The molecule has 0 aliphatic carbocycles. The number of nitrogens with two attached hydrogens (primary N) is 1. The molecule has 16 heavy (non-hydrogen) atoms. The van der Waals surface area contributed by atoms with Gasteiger partial charge in [0.05, 0.1) is 6.04 Å². The summed E-state index contributed by atoms with van der Waals surface area (Å²) in [5.41, 5.74) is 5.18. The van der Waals surface area contributed by atoms with Crippen LogP contribution in [-0.4, -0.2) is 41.0 Å². The Labute approximate surface area is 92.5 Å². The third kappa shape index (κ3) is 2.56. The van der Waals surface area contributed by atoms with Crippen LogP contribution in [-0.2, 0) is 14.4 Å². The fourth-order valence-corrected chi connectivity index (χ4v) is 1.58. The Balaban J connectivity index is 2.83. The first-order valence-electron chi connectivity index (χ1n) is 4.90. The number of likely N-dealkylation sites (tertiary alicyclic amines) is 1. The minimum atomic E-state index is -0.830. The van der Waals surface area contributed by atoms with Gasteiger partial charge in [0.15, 0.2) is 5.96 Å². The molecular formula is C9H14N4O3. The summed E-state index contributed by atoms with van der Waals surface area (Å²) >= 11 is 0. The second kappa shape index (κ2) is 4.73. The summed E-state index contributed by atoms with van der Waals surface area (Å²) in [5.74, 6) is -2.35. The Bertz CT molecular complexity index is 353. The van der Waals surface area contributed by atoms with Crippen molar-refractivity contribution >= 4 is 23.6 Å². The van der Waals surface area contributed by atoms with Crippen LogP contribution in [0.1, 0.15) is 19.8 Å². The molecule has 88 valence electrons. The van der Waals surface area contributed by atoms with Crippen molar-refractivity contribution in [2.45, 2.75) is 25.8 Å². The normalized spacial score (nSPS) is 21.6. The number of Topliss-reactive ketones (excluding diaryl/α,β-unsaturated/α-hetero) is 1. The minimum absolute atomic E-state index is 0.232. The average Bonchev–Trinajstić information content (AvgIpc) is 2.30. The lowest BCUT2D eigenvalue weighted by atomic mass is 10.1. The molecule has 1 saturated heterocycles. The van der Waals surface area contributed by atoms with E-state index in [1.165, 1.54) is 6.92 Å². The summed E-state index contributed by atoms with van der Waals surface area (Å²) in [6, 6.07) is -0.797. The Morgan fingerprint density at radius 2 is 2.19 bits per heavy atom. The summed E-state index contributed by atoms with van der Waals surface area (Å²) in [4.78, 5) is 35.0. The predicted molar refractivity (Wildman–Crippen MR) is 55.5 cm³/mol. The molecule has 1 rings (SSSR count). The molecule has 0 aromatic rings. The van der Waals surface area contributed by atoms with Crippen molar-refractivity contribution in [3.8, 4) is 0 Å². The van der Waals surface area contributed by atoms with Gasteiger partial charge in [-0.25, -0.2) is 0 Å². The summed E-state index contributed by atoms with van der Waals surface area (Å²) in [6.07, 6.45) is 0.899. The van der Waals surface area contributed by atoms with Crippen LogP contribution in [0, 0.1) is 5.41 Å². The molecule has 1 aliphatic rings. The molecule has 2 amide bonds. The second-order valence-corrected chi connectivity index (χ2v) is 3.60. The zero-order valence-electron chi connectivity index (χ0n) is 8.95. The molecule has 0 saturated carbocycles. The van der Waals surface area contributed by atoms with Crippen molar-refractivity contribution in [2.24, 2.45) is 5.73 Å². The third-order valence-electron chi connectivity index (χ3n) is 2.32. The van der Waals surface area contributed by atoms with Gasteiger partial charge < -0.3 is 11.1 Å². The summed E-state index contributed by atoms with van der Waals surface area (Å²) in [6.45, 7) is 1.52. The van der Waals surface area contributed by atoms with Crippen LogP contribution in [0.15, 0.2) is 0 Å². The Morgan fingerprint density at radius 3 is 2.69 bits per heavy atom. The fourth-order valence-electron chi connectivity index (χ4n) is 1.58. The summed E-state index contributed by atoms with van der Waals surface area (Å²) in [5, 5.41) is 9.57. The zero-order valence-corrected chi connectivity index (χ0v) is 8.95. The molecule has 1 fully saturated rings. The van der Waals surface area contributed by atoms with Crippen molar-refractivity contribution < 1.29 is 14.4 Å². The summed E-state index contributed by atoms with van der Waals surface area (Å²) in [7, 11) is 0. The van der Waals surface area contributed by atoms with Crippen LogP contribution in [0.3, 0.4) is 0 Å². The first-order chi connectivity index (χ1) is 7.43. The molecule has 7 nitrogen and oxygen atoms in total. The molecular weight excluding hydrogens is 212 g/mol. The van der Waals surface area contributed by atoms with Gasteiger partial charge in [-0.3, -0.25) is 24.7 Å². The number of nitrogens with one attached hydrogen (secondary N) is 2. The molecule has 1 aliphatic heterocycles. The molecule has 0 spiro atoms. The van der Waals surface area contributed by atoms with Gasteiger partial charge in [-0.2, -0.15) is 0 Å². The van der Waals surface area contributed by atoms with E-state index in [0.29, 0.717) is 12.8 Å². The lowest BCUT2D eigenvalue weighted by Gasteiger charge is -2.17. The van der Waals surface area contributed by atoms with Gasteiger partial charge in [0.25, 0.3) is 5.91 Å². The van der Waals surface area contributed by atoms with Crippen LogP contribution in [0.4, 0.5) is 0 Å². The summed E-state index contributed by atoms with van der Waals surface area (Å²) < 4.78 is 0. The van der Waals surface area contributed by atoms with Crippen LogP contribution in [0.25, 0.3) is 0 Å². The van der Waals surface area contributed by atoms with Gasteiger partial charge in [-0.1, -0.05) is 0 Å². The SMILES string of the molecule is CC(=O)N[C@H]1CCCN(C(=N)N)C(=O)C1=O. The second-order valence-electron chi connectivity index (χ2n) is 3.60. The molecule has 4 N–H and O–H groups in total. The molecule has 1 heterocycles.